The van der Waals surface area contributed by atoms with Gasteiger partial charge in [-0.15, -0.1) is 0 Å². The van der Waals surface area contributed by atoms with Crippen LogP contribution in [-0.4, -0.2) is 32.9 Å². The van der Waals surface area contributed by atoms with Gasteiger partial charge in [-0.3, -0.25) is 4.68 Å². The van der Waals surface area contributed by atoms with Gasteiger partial charge in [0.05, 0.1) is 17.6 Å². The number of nitrogens with zero attached hydrogens (tertiary/aromatic N) is 4. The van der Waals surface area contributed by atoms with E-state index in [9.17, 15) is 0 Å². The minimum Gasteiger partial charge on any atom is -0.492 e. The number of hydrogen-bond acceptors (Lipinski definition) is 6. The van der Waals surface area contributed by atoms with Crippen molar-refractivity contribution in [1.29, 1.82) is 0 Å². The van der Waals surface area contributed by atoms with Gasteiger partial charge in [0.15, 0.2) is 5.65 Å². The van der Waals surface area contributed by atoms with Crippen molar-refractivity contribution in [3.8, 4) is 17.0 Å². The zero-order chi connectivity index (χ0) is 19.5. The van der Waals surface area contributed by atoms with Crippen LogP contribution in [0.3, 0.4) is 0 Å². The summed E-state index contributed by atoms with van der Waals surface area (Å²) < 4.78 is 7.34. The fourth-order valence-corrected chi connectivity index (χ4v) is 3.04. The molecule has 4 aromatic rings. The van der Waals surface area contributed by atoms with Crippen LogP contribution in [0, 0.1) is 6.92 Å². The van der Waals surface area contributed by atoms with Crippen molar-refractivity contribution in [3.05, 3.63) is 60.2 Å². The fraction of sp³-hybridized carbons (Fsp3) is 0.190. The number of anilines is 2. The summed E-state index contributed by atoms with van der Waals surface area (Å²) >= 11 is 0. The molecule has 0 aliphatic carbocycles. The first-order chi connectivity index (χ1) is 13.6. The first-order valence-corrected chi connectivity index (χ1v) is 9.11. The molecule has 0 saturated carbocycles. The average Bonchev–Trinajstić information content (AvgIpc) is 2.99. The van der Waals surface area contributed by atoms with Gasteiger partial charge in [-0.25, -0.2) is 4.98 Å². The maximum absolute atomic E-state index is 6.23. The largest absolute Gasteiger partial charge is 0.492 e. The lowest BCUT2D eigenvalue weighted by atomic mass is 10.1. The van der Waals surface area contributed by atoms with E-state index in [0.29, 0.717) is 30.6 Å². The normalized spacial score (nSPS) is 10.9. The lowest BCUT2D eigenvalue weighted by Crippen LogP contribution is -2.13. The summed E-state index contributed by atoms with van der Waals surface area (Å²) in [5.41, 5.74) is 9.70. The Labute approximate surface area is 163 Å². The second-order valence-corrected chi connectivity index (χ2v) is 6.56. The Hall–Kier alpha value is -3.61. The Bertz CT molecular complexity index is 1110. The number of nitrogens with two attached hydrogens (primary N) is 1. The molecule has 0 unspecified atom stereocenters. The second kappa shape index (κ2) is 7.56. The molecule has 0 atom stereocenters. The number of aryl methyl sites for hydroxylation is 2. The van der Waals surface area contributed by atoms with Crippen LogP contribution in [0.2, 0.25) is 0 Å². The van der Waals surface area contributed by atoms with Gasteiger partial charge in [-0.2, -0.15) is 10.1 Å². The third kappa shape index (κ3) is 3.59. The molecule has 7 heteroatoms. The van der Waals surface area contributed by atoms with E-state index in [-0.39, 0.29) is 0 Å². The van der Waals surface area contributed by atoms with Gasteiger partial charge >= 0.3 is 0 Å². The van der Waals surface area contributed by atoms with Crippen LogP contribution in [0.5, 0.6) is 5.75 Å². The van der Waals surface area contributed by atoms with Crippen molar-refractivity contribution < 1.29 is 4.74 Å². The van der Waals surface area contributed by atoms with Crippen LogP contribution in [0.15, 0.2) is 54.6 Å². The molecular weight excluding hydrogens is 352 g/mol. The van der Waals surface area contributed by atoms with E-state index in [4.69, 9.17) is 15.5 Å². The lowest BCUT2D eigenvalue weighted by Gasteiger charge is -2.10. The molecule has 2 aromatic carbocycles. The van der Waals surface area contributed by atoms with Crippen LogP contribution in [0.1, 0.15) is 5.56 Å². The molecule has 7 nitrogen and oxygen atoms in total. The Morgan fingerprint density at radius 2 is 1.89 bits per heavy atom. The number of para-hydroxylation sites is 1. The van der Waals surface area contributed by atoms with Gasteiger partial charge < -0.3 is 15.8 Å². The lowest BCUT2D eigenvalue weighted by molar-refractivity contribution is 0.332. The standard InChI is InChI=1S/C21H22N6O/c1-14-7-6-8-15(13-14)18-17-19(22)27(2)26-20(17)25-21(24-18)23-11-12-28-16-9-4-3-5-10-16/h3-10,13H,11-12,22H2,1-2H3,(H,23,25,26). The molecule has 28 heavy (non-hydrogen) atoms. The van der Waals surface area contributed by atoms with E-state index in [0.717, 1.165) is 28.0 Å². The topological polar surface area (TPSA) is 90.9 Å². The third-order valence-corrected chi connectivity index (χ3v) is 4.43. The molecule has 0 amide bonds. The molecule has 2 heterocycles. The zero-order valence-electron chi connectivity index (χ0n) is 15.9. The Morgan fingerprint density at radius 3 is 2.68 bits per heavy atom. The van der Waals surface area contributed by atoms with Crippen LogP contribution in [0.25, 0.3) is 22.3 Å². The molecule has 0 radical (unpaired) electrons. The molecule has 2 aromatic heterocycles. The summed E-state index contributed by atoms with van der Waals surface area (Å²) in [6, 6.07) is 17.9. The smallest absolute Gasteiger partial charge is 0.225 e. The minimum atomic E-state index is 0.496. The SMILES string of the molecule is Cc1cccc(-c2nc(NCCOc3ccccc3)nc3nn(C)c(N)c23)c1. The fourth-order valence-electron chi connectivity index (χ4n) is 3.04. The molecule has 4 rings (SSSR count). The number of benzene rings is 2. The van der Waals surface area contributed by atoms with Crippen LogP contribution in [-0.2, 0) is 7.05 Å². The molecular formula is C21H22N6O. The predicted molar refractivity (Wildman–Crippen MR) is 111 cm³/mol. The highest BCUT2D eigenvalue weighted by molar-refractivity contribution is 5.98. The van der Waals surface area contributed by atoms with Crippen molar-refractivity contribution in [2.75, 3.05) is 24.2 Å². The summed E-state index contributed by atoms with van der Waals surface area (Å²) in [5, 5.41) is 8.41. The van der Waals surface area contributed by atoms with E-state index in [2.05, 4.69) is 34.5 Å². The number of fused-ring (bicyclic) bond motifs is 1. The highest BCUT2D eigenvalue weighted by atomic mass is 16.5. The van der Waals surface area contributed by atoms with E-state index in [1.54, 1.807) is 11.7 Å². The molecule has 0 saturated heterocycles. The number of nitrogen functional groups attached to an aromatic ring is 1. The van der Waals surface area contributed by atoms with Gasteiger partial charge in [0, 0.05) is 12.6 Å². The molecule has 0 aliphatic rings. The van der Waals surface area contributed by atoms with Gasteiger partial charge in [-0.1, -0.05) is 42.0 Å². The second-order valence-electron chi connectivity index (χ2n) is 6.56. The summed E-state index contributed by atoms with van der Waals surface area (Å²) in [6.45, 7) is 3.11. The molecule has 3 N–H and O–H groups in total. The maximum atomic E-state index is 6.23. The Balaban J connectivity index is 1.60. The first-order valence-electron chi connectivity index (χ1n) is 9.11. The number of hydrogen-bond donors (Lipinski definition) is 2. The van der Waals surface area contributed by atoms with Gasteiger partial charge in [0.25, 0.3) is 0 Å². The van der Waals surface area contributed by atoms with E-state index >= 15 is 0 Å². The first kappa shape index (κ1) is 17.8. The van der Waals surface area contributed by atoms with Crippen molar-refractivity contribution in [3.63, 3.8) is 0 Å². The van der Waals surface area contributed by atoms with Crippen molar-refractivity contribution in [2.24, 2.45) is 7.05 Å². The van der Waals surface area contributed by atoms with Gasteiger partial charge in [-0.05, 0) is 25.1 Å². The van der Waals surface area contributed by atoms with Crippen LogP contribution < -0.4 is 15.8 Å². The van der Waals surface area contributed by atoms with Crippen molar-refractivity contribution in [1.82, 2.24) is 19.7 Å². The Morgan fingerprint density at radius 1 is 1.07 bits per heavy atom. The van der Waals surface area contributed by atoms with Gasteiger partial charge in [0.2, 0.25) is 5.95 Å². The summed E-state index contributed by atoms with van der Waals surface area (Å²) in [6.07, 6.45) is 0. The third-order valence-electron chi connectivity index (χ3n) is 4.43. The van der Waals surface area contributed by atoms with Crippen molar-refractivity contribution in [2.45, 2.75) is 6.92 Å². The van der Waals surface area contributed by atoms with Crippen LogP contribution in [0.4, 0.5) is 11.8 Å². The predicted octanol–water partition coefficient (Wildman–Crippen LogP) is 3.41. The van der Waals surface area contributed by atoms with Gasteiger partial charge in [0.1, 0.15) is 18.2 Å². The zero-order valence-corrected chi connectivity index (χ0v) is 15.9. The van der Waals surface area contributed by atoms with Crippen LogP contribution >= 0.6 is 0 Å². The molecule has 142 valence electrons. The number of nitrogens with one attached hydrogen (secondary N) is 1. The molecule has 0 aliphatic heterocycles. The highest BCUT2D eigenvalue weighted by Crippen LogP contribution is 2.31. The Kier molecular flexibility index (Phi) is 4.80. The molecule has 0 bridgehead atoms. The minimum absolute atomic E-state index is 0.496. The summed E-state index contributed by atoms with van der Waals surface area (Å²) in [7, 11) is 1.80. The molecule has 0 spiro atoms. The van der Waals surface area contributed by atoms with Crippen molar-refractivity contribution >= 4 is 22.8 Å². The number of rotatable bonds is 6. The summed E-state index contributed by atoms with van der Waals surface area (Å²) in [4.78, 5) is 9.24. The van der Waals surface area contributed by atoms with E-state index < -0.39 is 0 Å². The maximum Gasteiger partial charge on any atom is 0.225 e. The average molecular weight is 374 g/mol. The van der Waals surface area contributed by atoms with E-state index in [1.165, 1.54) is 0 Å². The highest BCUT2D eigenvalue weighted by Gasteiger charge is 2.17. The summed E-state index contributed by atoms with van der Waals surface area (Å²) in [5.74, 6) is 1.88. The molecule has 0 fully saturated rings. The monoisotopic (exact) mass is 374 g/mol. The van der Waals surface area contributed by atoms with E-state index in [1.807, 2.05) is 42.5 Å². The quantitative estimate of drug-likeness (QED) is 0.503. The number of aromatic nitrogens is 4. The number of ether oxygens (including phenoxy) is 1.